The highest BCUT2D eigenvalue weighted by molar-refractivity contribution is 5.35. The average Bonchev–Trinajstić information content (AvgIpc) is 2.47. The molecule has 1 heterocycles. The van der Waals surface area contributed by atoms with E-state index in [1.165, 1.54) is 5.57 Å². The monoisotopic (exact) mass is 147 g/mol. The van der Waals surface area contributed by atoms with Crippen molar-refractivity contribution in [1.29, 1.82) is 0 Å². The molecule has 0 aromatic rings. The molecule has 1 N–H and O–H groups in total. The van der Waals surface area contributed by atoms with E-state index in [1.807, 2.05) is 12.2 Å². The zero-order valence-corrected chi connectivity index (χ0v) is 6.64. The van der Waals surface area contributed by atoms with E-state index in [0.29, 0.717) is 0 Å². The predicted molar refractivity (Wildman–Crippen MR) is 49.2 cm³/mol. The molecule has 0 aliphatic carbocycles. The van der Waals surface area contributed by atoms with Crippen LogP contribution in [0.5, 0.6) is 0 Å². The summed E-state index contributed by atoms with van der Waals surface area (Å²) in [6.45, 7) is 8.36. The van der Waals surface area contributed by atoms with E-state index < -0.39 is 0 Å². The summed E-state index contributed by atoms with van der Waals surface area (Å²) in [5, 5.41) is 3.24. The van der Waals surface area contributed by atoms with Crippen molar-refractivity contribution in [3.05, 3.63) is 48.7 Å². The van der Waals surface area contributed by atoms with Gasteiger partial charge in [0.2, 0.25) is 0 Å². The van der Waals surface area contributed by atoms with Crippen LogP contribution in [0.3, 0.4) is 0 Å². The molecule has 0 bridgehead atoms. The maximum absolute atomic E-state index is 3.72. The number of nitrogens with one attached hydrogen (secondary N) is 1. The largest absolute Gasteiger partial charge is 0.385 e. The molecule has 0 saturated heterocycles. The van der Waals surface area contributed by atoms with Gasteiger partial charge in [0, 0.05) is 12.2 Å². The van der Waals surface area contributed by atoms with Gasteiger partial charge in [-0.2, -0.15) is 0 Å². The Bertz CT molecular complexity index is 221. The molecule has 0 aromatic heterocycles. The number of hydrogen-bond acceptors (Lipinski definition) is 1. The fourth-order valence-corrected chi connectivity index (χ4v) is 1.14. The lowest BCUT2D eigenvalue weighted by Gasteiger charge is -1.94. The maximum atomic E-state index is 3.72. The lowest BCUT2D eigenvalue weighted by molar-refractivity contribution is 0.889. The summed E-state index contributed by atoms with van der Waals surface area (Å²) in [5.74, 6) is 0. The van der Waals surface area contributed by atoms with Crippen LogP contribution in [0.1, 0.15) is 6.42 Å². The summed E-state index contributed by atoms with van der Waals surface area (Å²) in [6.07, 6.45) is 8.75. The molecule has 0 amide bonds. The van der Waals surface area contributed by atoms with Crippen molar-refractivity contribution < 1.29 is 0 Å². The minimum absolute atomic E-state index is 1.03. The first-order chi connectivity index (χ1) is 5.38. The molecular weight excluding hydrogens is 134 g/mol. The Balaban J connectivity index is 2.74. The quantitative estimate of drug-likeness (QED) is 0.603. The van der Waals surface area contributed by atoms with Gasteiger partial charge in [-0.3, -0.25) is 0 Å². The second-order valence-corrected chi connectivity index (χ2v) is 2.41. The van der Waals surface area contributed by atoms with Gasteiger partial charge in [0.25, 0.3) is 0 Å². The minimum Gasteiger partial charge on any atom is -0.385 e. The third-order valence-corrected chi connectivity index (χ3v) is 1.69. The van der Waals surface area contributed by atoms with E-state index >= 15 is 0 Å². The van der Waals surface area contributed by atoms with Gasteiger partial charge in [0.1, 0.15) is 0 Å². The summed E-state index contributed by atoms with van der Waals surface area (Å²) in [5.41, 5.74) is 2.48. The SMILES string of the molecule is C=C/C=C\C1=C(C=C)NCC1. The third kappa shape index (κ3) is 1.84. The fraction of sp³-hybridized carbons (Fsp3) is 0.200. The van der Waals surface area contributed by atoms with Gasteiger partial charge < -0.3 is 5.32 Å². The van der Waals surface area contributed by atoms with Crippen molar-refractivity contribution in [2.75, 3.05) is 6.54 Å². The Kier molecular flexibility index (Phi) is 2.73. The van der Waals surface area contributed by atoms with Crippen LogP contribution in [0.4, 0.5) is 0 Å². The smallest absolute Gasteiger partial charge is 0.0367 e. The van der Waals surface area contributed by atoms with Crippen LogP contribution in [0.25, 0.3) is 0 Å². The lowest BCUT2D eigenvalue weighted by Crippen LogP contribution is -2.04. The summed E-state index contributed by atoms with van der Waals surface area (Å²) in [4.78, 5) is 0. The first-order valence-electron chi connectivity index (χ1n) is 3.77. The molecule has 0 radical (unpaired) electrons. The van der Waals surface area contributed by atoms with Gasteiger partial charge in [-0.15, -0.1) is 0 Å². The molecule has 1 aliphatic rings. The van der Waals surface area contributed by atoms with Crippen molar-refractivity contribution in [3.8, 4) is 0 Å². The molecule has 0 saturated carbocycles. The Hall–Kier alpha value is -1.24. The zero-order valence-electron chi connectivity index (χ0n) is 6.64. The number of allylic oxidation sites excluding steroid dienone is 4. The lowest BCUT2D eigenvalue weighted by atomic mass is 10.2. The number of hydrogen-bond donors (Lipinski definition) is 1. The van der Waals surface area contributed by atoms with E-state index in [0.717, 1.165) is 18.7 Å². The van der Waals surface area contributed by atoms with Crippen LogP contribution in [0.15, 0.2) is 48.7 Å². The van der Waals surface area contributed by atoms with Crippen LogP contribution in [-0.2, 0) is 0 Å². The van der Waals surface area contributed by atoms with Gasteiger partial charge in [0.15, 0.2) is 0 Å². The Morgan fingerprint density at radius 1 is 1.36 bits per heavy atom. The maximum Gasteiger partial charge on any atom is 0.0367 e. The third-order valence-electron chi connectivity index (χ3n) is 1.69. The molecule has 0 spiro atoms. The van der Waals surface area contributed by atoms with Crippen LogP contribution < -0.4 is 5.32 Å². The fourth-order valence-electron chi connectivity index (χ4n) is 1.14. The standard InChI is InChI=1S/C10H13N/c1-3-5-6-9-7-8-11-10(9)4-2/h3-6,11H,1-2,7-8H2/b6-5-. The van der Waals surface area contributed by atoms with Crippen LogP contribution in [0, 0.1) is 0 Å². The van der Waals surface area contributed by atoms with Crippen molar-refractivity contribution >= 4 is 0 Å². The highest BCUT2D eigenvalue weighted by Gasteiger charge is 2.06. The molecule has 1 heteroatoms. The Morgan fingerprint density at radius 2 is 2.18 bits per heavy atom. The highest BCUT2D eigenvalue weighted by atomic mass is 14.9. The van der Waals surface area contributed by atoms with E-state index in [2.05, 4.69) is 24.6 Å². The Labute approximate surface area is 67.8 Å². The Morgan fingerprint density at radius 3 is 2.82 bits per heavy atom. The second-order valence-electron chi connectivity index (χ2n) is 2.41. The van der Waals surface area contributed by atoms with Crippen molar-refractivity contribution in [2.45, 2.75) is 6.42 Å². The first-order valence-corrected chi connectivity index (χ1v) is 3.77. The van der Waals surface area contributed by atoms with Crippen LogP contribution in [-0.4, -0.2) is 6.54 Å². The van der Waals surface area contributed by atoms with Gasteiger partial charge in [-0.05, 0) is 18.1 Å². The molecular formula is C10H13N. The van der Waals surface area contributed by atoms with Gasteiger partial charge in [-0.25, -0.2) is 0 Å². The van der Waals surface area contributed by atoms with E-state index in [4.69, 9.17) is 0 Å². The predicted octanol–water partition coefficient (Wildman–Crippen LogP) is 2.16. The zero-order chi connectivity index (χ0) is 8.10. The van der Waals surface area contributed by atoms with Gasteiger partial charge >= 0.3 is 0 Å². The highest BCUT2D eigenvalue weighted by Crippen LogP contribution is 2.14. The normalized spacial score (nSPS) is 17.1. The van der Waals surface area contributed by atoms with Gasteiger partial charge in [0.05, 0.1) is 0 Å². The van der Waals surface area contributed by atoms with Crippen LogP contribution >= 0.6 is 0 Å². The van der Waals surface area contributed by atoms with E-state index in [9.17, 15) is 0 Å². The molecule has 0 aromatic carbocycles. The van der Waals surface area contributed by atoms with E-state index in [1.54, 1.807) is 6.08 Å². The van der Waals surface area contributed by atoms with Crippen molar-refractivity contribution in [1.82, 2.24) is 5.32 Å². The summed E-state index contributed by atoms with van der Waals surface area (Å²) >= 11 is 0. The number of rotatable bonds is 3. The molecule has 1 nitrogen and oxygen atoms in total. The van der Waals surface area contributed by atoms with Crippen LogP contribution in [0.2, 0.25) is 0 Å². The first kappa shape index (κ1) is 7.86. The molecule has 0 unspecified atom stereocenters. The summed E-state index contributed by atoms with van der Waals surface area (Å²) in [7, 11) is 0. The molecule has 0 fully saturated rings. The molecule has 11 heavy (non-hydrogen) atoms. The van der Waals surface area contributed by atoms with Crippen molar-refractivity contribution in [3.63, 3.8) is 0 Å². The van der Waals surface area contributed by atoms with Gasteiger partial charge in [-0.1, -0.05) is 31.4 Å². The van der Waals surface area contributed by atoms with E-state index in [-0.39, 0.29) is 0 Å². The molecule has 58 valence electrons. The topological polar surface area (TPSA) is 12.0 Å². The molecule has 1 aliphatic heterocycles. The molecule has 1 rings (SSSR count). The van der Waals surface area contributed by atoms with Crippen molar-refractivity contribution in [2.24, 2.45) is 0 Å². The summed E-state index contributed by atoms with van der Waals surface area (Å²) in [6, 6.07) is 0. The second kappa shape index (κ2) is 3.81. The summed E-state index contributed by atoms with van der Waals surface area (Å²) < 4.78 is 0. The average molecular weight is 147 g/mol. The minimum atomic E-state index is 1.03. The molecule has 0 atom stereocenters.